The van der Waals surface area contributed by atoms with Gasteiger partial charge in [-0.3, -0.25) is 11.3 Å². The minimum atomic E-state index is -0.208. The van der Waals surface area contributed by atoms with E-state index in [1.807, 2.05) is 13.0 Å². The molecule has 20 heavy (non-hydrogen) atoms. The number of nitrogens with one attached hydrogen (secondary N) is 1. The average Bonchev–Trinajstić information content (AvgIpc) is 2.41. The van der Waals surface area contributed by atoms with Crippen molar-refractivity contribution in [1.29, 1.82) is 0 Å². The van der Waals surface area contributed by atoms with Crippen molar-refractivity contribution in [3.63, 3.8) is 0 Å². The van der Waals surface area contributed by atoms with Crippen LogP contribution in [0.3, 0.4) is 0 Å². The summed E-state index contributed by atoms with van der Waals surface area (Å²) in [5.41, 5.74) is 7.38. The predicted molar refractivity (Wildman–Crippen MR) is 80.7 cm³/mol. The second-order valence-corrected chi connectivity index (χ2v) is 5.25. The van der Waals surface area contributed by atoms with Crippen molar-refractivity contribution >= 4 is 0 Å². The molecule has 0 spiro atoms. The fraction of sp³-hybridized carbons (Fsp3) is 0.294. The van der Waals surface area contributed by atoms with Gasteiger partial charge < -0.3 is 0 Å². The highest BCUT2D eigenvalue weighted by molar-refractivity contribution is 5.30. The van der Waals surface area contributed by atoms with E-state index in [-0.39, 0.29) is 11.9 Å². The molecule has 2 aromatic rings. The Morgan fingerprint density at radius 3 is 2.60 bits per heavy atom. The Labute approximate surface area is 119 Å². The van der Waals surface area contributed by atoms with E-state index in [0.29, 0.717) is 0 Å². The largest absolute Gasteiger partial charge is 0.271 e. The molecule has 0 aliphatic rings. The van der Waals surface area contributed by atoms with E-state index in [0.717, 1.165) is 24.0 Å². The summed E-state index contributed by atoms with van der Waals surface area (Å²) in [5, 5.41) is 0. The van der Waals surface area contributed by atoms with Gasteiger partial charge in [0.2, 0.25) is 0 Å². The van der Waals surface area contributed by atoms with Gasteiger partial charge in [0.1, 0.15) is 5.82 Å². The average molecular weight is 272 g/mol. The van der Waals surface area contributed by atoms with Crippen LogP contribution in [0.5, 0.6) is 0 Å². The molecule has 2 nitrogen and oxygen atoms in total. The molecular formula is C17H21FN2. The van der Waals surface area contributed by atoms with E-state index in [1.165, 1.54) is 17.2 Å². The van der Waals surface area contributed by atoms with E-state index in [4.69, 9.17) is 5.84 Å². The Bertz CT molecular complexity index is 581. The Morgan fingerprint density at radius 2 is 1.95 bits per heavy atom. The van der Waals surface area contributed by atoms with Gasteiger partial charge in [-0.25, -0.2) is 4.39 Å². The number of benzene rings is 2. The molecule has 0 aromatic heterocycles. The topological polar surface area (TPSA) is 38.0 Å². The zero-order valence-electron chi connectivity index (χ0n) is 12.0. The van der Waals surface area contributed by atoms with Crippen LogP contribution in [0.1, 0.15) is 34.7 Å². The predicted octanol–water partition coefficient (Wildman–Crippen LogP) is 3.58. The fourth-order valence-electron chi connectivity index (χ4n) is 2.54. The molecule has 1 atom stereocenters. The highest BCUT2D eigenvalue weighted by atomic mass is 19.1. The van der Waals surface area contributed by atoms with Gasteiger partial charge in [0.15, 0.2) is 0 Å². The van der Waals surface area contributed by atoms with E-state index >= 15 is 0 Å². The van der Waals surface area contributed by atoms with Crippen LogP contribution in [-0.4, -0.2) is 0 Å². The quantitative estimate of drug-likeness (QED) is 0.645. The summed E-state index contributed by atoms with van der Waals surface area (Å²) in [6.07, 6.45) is 1.82. The number of hydrogen-bond acceptors (Lipinski definition) is 2. The Hall–Kier alpha value is -1.71. The van der Waals surface area contributed by atoms with Crippen molar-refractivity contribution in [2.75, 3.05) is 0 Å². The standard InChI is InChI=1S/C17H21FN2/c1-12-4-3-5-14(10-12)6-9-17(20-19)16-8-7-15(18)11-13(16)2/h3-5,7-8,10-11,17,20H,6,9,19H2,1-2H3. The minimum absolute atomic E-state index is 0.0381. The van der Waals surface area contributed by atoms with Crippen LogP contribution >= 0.6 is 0 Å². The second kappa shape index (κ2) is 6.64. The first kappa shape index (κ1) is 14.7. The molecular weight excluding hydrogens is 251 g/mol. The van der Waals surface area contributed by atoms with Gasteiger partial charge in [0.25, 0.3) is 0 Å². The lowest BCUT2D eigenvalue weighted by Crippen LogP contribution is -2.29. The molecule has 0 aliphatic carbocycles. The van der Waals surface area contributed by atoms with Gasteiger partial charge in [0.05, 0.1) is 0 Å². The highest BCUT2D eigenvalue weighted by Crippen LogP contribution is 2.22. The van der Waals surface area contributed by atoms with Gasteiger partial charge >= 0.3 is 0 Å². The lowest BCUT2D eigenvalue weighted by Gasteiger charge is -2.18. The van der Waals surface area contributed by atoms with Crippen molar-refractivity contribution in [2.24, 2.45) is 5.84 Å². The first-order valence-corrected chi connectivity index (χ1v) is 6.88. The zero-order valence-corrected chi connectivity index (χ0v) is 12.0. The minimum Gasteiger partial charge on any atom is -0.271 e. The number of aryl methyl sites for hydroxylation is 3. The van der Waals surface area contributed by atoms with Crippen LogP contribution < -0.4 is 11.3 Å². The molecule has 3 heteroatoms. The number of rotatable bonds is 5. The lowest BCUT2D eigenvalue weighted by atomic mass is 9.95. The Balaban J connectivity index is 2.09. The van der Waals surface area contributed by atoms with Crippen LogP contribution in [0.25, 0.3) is 0 Å². The first-order chi connectivity index (χ1) is 9.60. The Kier molecular flexibility index (Phi) is 4.88. The van der Waals surface area contributed by atoms with Gasteiger partial charge in [-0.15, -0.1) is 0 Å². The van der Waals surface area contributed by atoms with Crippen LogP contribution in [0.2, 0.25) is 0 Å². The first-order valence-electron chi connectivity index (χ1n) is 6.88. The molecule has 2 aromatic carbocycles. The molecule has 0 saturated carbocycles. The smallest absolute Gasteiger partial charge is 0.123 e. The molecule has 0 amide bonds. The molecule has 2 rings (SSSR count). The van der Waals surface area contributed by atoms with Gasteiger partial charge in [-0.1, -0.05) is 35.9 Å². The van der Waals surface area contributed by atoms with Crippen LogP contribution in [0, 0.1) is 19.7 Å². The molecule has 106 valence electrons. The molecule has 0 heterocycles. The van der Waals surface area contributed by atoms with E-state index in [2.05, 4.69) is 36.6 Å². The third-order valence-electron chi connectivity index (χ3n) is 3.61. The third kappa shape index (κ3) is 3.65. The maximum absolute atomic E-state index is 13.2. The molecule has 0 aliphatic heterocycles. The summed E-state index contributed by atoms with van der Waals surface area (Å²) in [6.45, 7) is 4.00. The van der Waals surface area contributed by atoms with E-state index in [1.54, 1.807) is 6.07 Å². The van der Waals surface area contributed by atoms with Crippen molar-refractivity contribution in [2.45, 2.75) is 32.7 Å². The molecule has 0 bridgehead atoms. The summed E-state index contributed by atoms with van der Waals surface area (Å²) < 4.78 is 13.2. The van der Waals surface area contributed by atoms with Crippen LogP contribution in [-0.2, 0) is 6.42 Å². The maximum Gasteiger partial charge on any atom is 0.123 e. The van der Waals surface area contributed by atoms with Crippen molar-refractivity contribution in [3.8, 4) is 0 Å². The monoisotopic (exact) mass is 272 g/mol. The van der Waals surface area contributed by atoms with Crippen LogP contribution in [0.4, 0.5) is 4.39 Å². The van der Waals surface area contributed by atoms with Gasteiger partial charge in [0, 0.05) is 6.04 Å². The lowest BCUT2D eigenvalue weighted by molar-refractivity contribution is 0.512. The Morgan fingerprint density at radius 1 is 1.15 bits per heavy atom. The summed E-state index contributed by atoms with van der Waals surface area (Å²) in [5.74, 6) is 5.45. The van der Waals surface area contributed by atoms with Gasteiger partial charge in [-0.05, 0) is 55.5 Å². The van der Waals surface area contributed by atoms with Crippen LogP contribution in [0.15, 0.2) is 42.5 Å². The third-order valence-corrected chi connectivity index (χ3v) is 3.61. The summed E-state index contributed by atoms with van der Waals surface area (Å²) in [6, 6.07) is 13.3. The summed E-state index contributed by atoms with van der Waals surface area (Å²) in [4.78, 5) is 0. The van der Waals surface area contributed by atoms with Crippen molar-refractivity contribution in [3.05, 3.63) is 70.5 Å². The van der Waals surface area contributed by atoms with E-state index in [9.17, 15) is 4.39 Å². The fourth-order valence-corrected chi connectivity index (χ4v) is 2.54. The molecule has 1 unspecified atom stereocenters. The number of hydrogen-bond donors (Lipinski definition) is 2. The van der Waals surface area contributed by atoms with Crippen molar-refractivity contribution < 1.29 is 4.39 Å². The number of halogens is 1. The number of hydrazine groups is 1. The van der Waals surface area contributed by atoms with E-state index < -0.39 is 0 Å². The summed E-state index contributed by atoms with van der Waals surface area (Å²) in [7, 11) is 0. The second-order valence-electron chi connectivity index (χ2n) is 5.25. The molecule has 3 N–H and O–H groups in total. The molecule has 0 radical (unpaired) electrons. The number of nitrogens with two attached hydrogens (primary N) is 1. The normalized spacial score (nSPS) is 12.4. The zero-order chi connectivity index (χ0) is 14.5. The molecule has 0 fully saturated rings. The summed E-state index contributed by atoms with van der Waals surface area (Å²) >= 11 is 0. The molecule has 0 saturated heterocycles. The van der Waals surface area contributed by atoms with Gasteiger partial charge in [-0.2, -0.15) is 0 Å². The maximum atomic E-state index is 13.2. The highest BCUT2D eigenvalue weighted by Gasteiger charge is 2.12. The van der Waals surface area contributed by atoms with Crippen molar-refractivity contribution in [1.82, 2.24) is 5.43 Å². The SMILES string of the molecule is Cc1cccc(CCC(NN)c2ccc(F)cc2C)c1.